The highest BCUT2D eigenvalue weighted by molar-refractivity contribution is 5.97. The first-order valence-corrected chi connectivity index (χ1v) is 5.52. The maximum absolute atomic E-state index is 12.8. The van der Waals surface area contributed by atoms with E-state index in [2.05, 4.69) is 0 Å². The summed E-state index contributed by atoms with van der Waals surface area (Å²) in [6.07, 6.45) is 1.30. The molecule has 0 aliphatic heterocycles. The van der Waals surface area contributed by atoms with Gasteiger partial charge in [-0.25, -0.2) is 4.39 Å². The van der Waals surface area contributed by atoms with E-state index in [1.54, 1.807) is 6.92 Å². The van der Waals surface area contributed by atoms with E-state index in [1.165, 1.54) is 18.2 Å². The average Bonchev–Trinajstić information content (AvgIpc) is 2.24. The number of rotatable bonds is 6. The van der Waals surface area contributed by atoms with Crippen LogP contribution in [0.5, 0.6) is 0 Å². The molecule has 0 N–H and O–H groups in total. The van der Waals surface area contributed by atoms with Crippen LogP contribution < -0.4 is 0 Å². The highest BCUT2D eigenvalue weighted by atomic mass is 19.1. The van der Waals surface area contributed by atoms with Crippen LogP contribution in [0.15, 0.2) is 18.2 Å². The van der Waals surface area contributed by atoms with Crippen LogP contribution in [0, 0.1) is 12.7 Å². The molecule has 0 unspecified atom stereocenters. The monoisotopic (exact) mass is 224 g/mol. The van der Waals surface area contributed by atoms with Gasteiger partial charge in [-0.05, 0) is 37.1 Å². The van der Waals surface area contributed by atoms with Gasteiger partial charge in [0.15, 0.2) is 5.78 Å². The lowest BCUT2D eigenvalue weighted by molar-refractivity contribution is 0.0878. The molecular weight excluding hydrogens is 207 g/mol. The predicted octanol–water partition coefficient (Wildman–Crippen LogP) is 3.13. The van der Waals surface area contributed by atoms with Gasteiger partial charge in [0, 0.05) is 18.6 Å². The number of Topliss-reactive ketones (excluding diaryl/α,β-unsaturated/α-hetero) is 1. The Morgan fingerprint density at radius 2 is 2.12 bits per heavy atom. The zero-order valence-corrected chi connectivity index (χ0v) is 9.75. The van der Waals surface area contributed by atoms with Crippen LogP contribution in [0.1, 0.15) is 35.7 Å². The molecule has 16 heavy (non-hydrogen) atoms. The summed E-state index contributed by atoms with van der Waals surface area (Å²) in [6.45, 7) is 4.87. The van der Waals surface area contributed by atoms with Gasteiger partial charge in [0.05, 0.1) is 6.61 Å². The fraction of sp³-hybridized carbons (Fsp3) is 0.462. The molecule has 0 spiro atoms. The molecule has 1 rings (SSSR count). The van der Waals surface area contributed by atoms with Crippen LogP contribution >= 0.6 is 0 Å². The lowest BCUT2D eigenvalue weighted by atomic mass is 10.0. The zero-order valence-electron chi connectivity index (χ0n) is 9.75. The van der Waals surface area contributed by atoms with Gasteiger partial charge < -0.3 is 4.74 Å². The zero-order chi connectivity index (χ0) is 12.0. The Hall–Kier alpha value is -1.22. The van der Waals surface area contributed by atoms with Crippen molar-refractivity contribution in [2.24, 2.45) is 0 Å². The average molecular weight is 224 g/mol. The lowest BCUT2D eigenvalue weighted by Crippen LogP contribution is -2.07. The van der Waals surface area contributed by atoms with Crippen LogP contribution in [0.25, 0.3) is 0 Å². The summed E-state index contributed by atoms with van der Waals surface area (Å²) in [5.41, 5.74) is 1.27. The highest BCUT2D eigenvalue weighted by Gasteiger charge is 2.09. The summed E-state index contributed by atoms with van der Waals surface area (Å²) in [5, 5.41) is 0. The molecule has 88 valence electrons. The summed E-state index contributed by atoms with van der Waals surface area (Å²) < 4.78 is 18.1. The molecule has 0 amide bonds. The first-order chi connectivity index (χ1) is 7.65. The second-order valence-electron chi connectivity index (χ2n) is 3.74. The summed E-state index contributed by atoms with van der Waals surface area (Å²) in [6, 6.07) is 4.22. The Kier molecular flexibility index (Phi) is 5.12. The molecule has 1 aromatic rings. The highest BCUT2D eigenvalue weighted by Crippen LogP contribution is 2.12. The second-order valence-corrected chi connectivity index (χ2v) is 3.74. The maximum Gasteiger partial charge on any atom is 0.165 e. The molecule has 0 bridgehead atoms. The number of carbonyl (C=O) groups excluding carboxylic acids is 1. The number of benzene rings is 1. The molecule has 0 fully saturated rings. The Bertz CT molecular complexity index is 361. The first kappa shape index (κ1) is 12.8. The standard InChI is InChI=1S/C13H17FO2/c1-3-7-16-8-6-13(15)12-5-4-11(14)9-10(12)2/h4-5,9H,3,6-8H2,1-2H3. The van der Waals surface area contributed by atoms with Crippen molar-refractivity contribution in [3.63, 3.8) is 0 Å². The van der Waals surface area contributed by atoms with E-state index in [4.69, 9.17) is 4.74 Å². The molecule has 0 heterocycles. The molecule has 1 aromatic carbocycles. The van der Waals surface area contributed by atoms with E-state index in [0.29, 0.717) is 30.8 Å². The van der Waals surface area contributed by atoms with Crippen molar-refractivity contribution in [2.45, 2.75) is 26.7 Å². The lowest BCUT2D eigenvalue weighted by Gasteiger charge is -2.05. The molecule has 0 radical (unpaired) electrons. The van der Waals surface area contributed by atoms with E-state index in [0.717, 1.165) is 6.42 Å². The van der Waals surface area contributed by atoms with Crippen LogP contribution in [0.4, 0.5) is 4.39 Å². The molecule has 0 saturated carbocycles. The Morgan fingerprint density at radius 3 is 2.75 bits per heavy atom. The molecule has 0 atom stereocenters. The van der Waals surface area contributed by atoms with Gasteiger partial charge in [0.25, 0.3) is 0 Å². The SMILES string of the molecule is CCCOCCC(=O)c1ccc(F)cc1C. The third kappa shape index (κ3) is 3.74. The van der Waals surface area contributed by atoms with E-state index in [-0.39, 0.29) is 11.6 Å². The van der Waals surface area contributed by atoms with Crippen molar-refractivity contribution < 1.29 is 13.9 Å². The Labute approximate surface area is 95.4 Å². The first-order valence-electron chi connectivity index (χ1n) is 5.52. The van der Waals surface area contributed by atoms with Crippen molar-refractivity contribution in [1.29, 1.82) is 0 Å². The fourth-order valence-corrected chi connectivity index (χ4v) is 1.49. The van der Waals surface area contributed by atoms with Gasteiger partial charge in [0.2, 0.25) is 0 Å². The summed E-state index contributed by atoms with van der Waals surface area (Å²) in [5.74, 6) is -0.301. The van der Waals surface area contributed by atoms with E-state index >= 15 is 0 Å². The maximum atomic E-state index is 12.8. The van der Waals surface area contributed by atoms with Gasteiger partial charge in [-0.15, -0.1) is 0 Å². The van der Waals surface area contributed by atoms with Gasteiger partial charge in [0.1, 0.15) is 5.82 Å². The molecule has 0 aliphatic rings. The number of ketones is 1. The Morgan fingerprint density at radius 1 is 1.38 bits per heavy atom. The predicted molar refractivity (Wildman–Crippen MR) is 61.2 cm³/mol. The number of aryl methyl sites for hydroxylation is 1. The van der Waals surface area contributed by atoms with E-state index in [1.807, 2.05) is 6.92 Å². The van der Waals surface area contributed by atoms with Crippen molar-refractivity contribution in [3.05, 3.63) is 35.1 Å². The second kappa shape index (κ2) is 6.38. The minimum Gasteiger partial charge on any atom is -0.381 e. The third-order valence-electron chi connectivity index (χ3n) is 2.31. The number of halogens is 1. The minimum absolute atomic E-state index is 0.00797. The van der Waals surface area contributed by atoms with Gasteiger partial charge in [-0.3, -0.25) is 4.79 Å². The smallest absolute Gasteiger partial charge is 0.165 e. The van der Waals surface area contributed by atoms with Crippen molar-refractivity contribution in [3.8, 4) is 0 Å². The summed E-state index contributed by atoms with van der Waals surface area (Å²) >= 11 is 0. The molecule has 0 aliphatic carbocycles. The number of ether oxygens (including phenoxy) is 1. The largest absolute Gasteiger partial charge is 0.381 e. The quantitative estimate of drug-likeness (QED) is 0.548. The topological polar surface area (TPSA) is 26.3 Å². The Balaban J connectivity index is 2.53. The van der Waals surface area contributed by atoms with Crippen molar-refractivity contribution in [1.82, 2.24) is 0 Å². The van der Waals surface area contributed by atoms with Crippen LogP contribution in [0.3, 0.4) is 0 Å². The van der Waals surface area contributed by atoms with Crippen LogP contribution in [0.2, 0.25) is 0 Å². The van der Waals surface area contributed by atoms with Crippen molar-refractivity contribution >= 4 is 5.78 Å². The number of hydrogen-bond donors (Lipinski definition) is 0. The van der Waals surface area contributed by atoms with Crippen LogP contribution in [-0.4, -0.2) is 19.0 Å². The van der Waals surface area contributed by atoms with Crippen LogP contribution in [-0.2, 0) is 4.74 Å². The fourth-order valence-electron chi connectivity index (χ4n) is 1.49. The van der Waals surface area contributed by atoms with Gasteiger partial charge in [-0.2, -0.15) is 0 Å². The molecule has 2 nitrogen and oxygen atoms in total. The minimum atomic E-state index is -0.309. The molecule has 0 aromatic heterocycles. The summed E-state index contributed by atoms with van der Waals surface area (Å²) in [4.78, 5) is 11.7. The number of carbonyl (C=O) groups is 1. The molecular formula is C13H17FO2. The number of hydrogen-bond acceptors (Lipinski definition) is 2. The van der Waals surface area contributed by atoms with Gasteiger partial charge in [-0.1, -0.05) is 6.92 Å². The van der Waals surface area contributed by atoms with E-state index < -0.39 is 0 Å². The molecule has 0 saturated heterocycles. The molecule has 3 heteroatoms. The normalized spacial score (nSPS) is 10.4. The van der Waals surface area contributed by atoms with Crippen molar-refractivity contribution in [2.75, 3.05) is 13.2 Å². The third-order valence-corrected chi connectivity index (χ3v) is 2.31. The van der Waals surface area contributed by atoms with Gasteiger partial charge >= 0.3 is 0 Å². The van der Waals surface area contributed by atoms with E-state index in [9.17, 15) is 9.18 Å². The summed E-state index contributed by atoms with van der Waals surface area (Å²) in [7, 11) is 0.